The molecule has 2 aromatic rings. The highest BCUT2D eigenvalue weighted by Crippen LogP contribution is 2.18. The highest BCUT2D eigenvalue weighted by molar-refractivity contribution is 6.39. The first-order chi connectivity index (χ1) is 13.1. The van der Waals surface area contributed by atoms with Gasteiger partial charge in [-0.25, -0.2) is 0 Å². The Morgan fingerprint density at radius 1 is 0.778 bits per heavy atom. The molecule has 0 radical (unpaired) electrons. The van der Waals surface area contributed by atoms with Crippen LogP contribution in [0.3, 0.4) is 0 Å². The van der Waals surface area contributed by atoms with Gasteiger partial charge in [0, 0.05) is 30.2 Å². The molecule has 2 rings (SSSR count). The lowest BCUT2D eigenvalue weighted by molar-refractivity contribution is -0.143. The molecular weight excluding hydrogens is 338 g/mol. The van der Waals surface area contributed by atoms with Crippen molar-refractivity contribution < 1.29 is 9.59 Å². The minimum Gasteiger partial charge on any atom is -0.356 e. The fourth-order valence-electron chi connectivity index (χ4n) is 2.67. The van der Waals surface area contributed by atoms with E-state index in [4.69, 9.17) is 0 Å². The molecule has 0 aliphatic carbocycles. The number of rotatable bonds is 9. The van der Waals surface area contributed by atoms with Gasteiger partial charge in [-0.1, -0.05) is 44.9 Å². The van der Waals surface area contributed by atoms with E-state index in [1.54, 1.807) is 17.0 Å². The number of benzene rings is 2. The Balaban J connectivity index is 1.94. The third kappa shape index (κ3) is 6.77. The van der Waals surface area contributed by atoms with Crippen LogP contribution in [0, 0.1) is 0 Å². The molecule has 0 heterocycles. The van der Waals surface area contributed by atoms with Gasteiger partial charge in [0.25, 0.3) is 0 Å². The van der Waals surface area contributed by atoms with Crippen molar-refractivity contribution >= 4 is 28.9 Å². The van der Waals surface area contributed by atoms with E-state index in [1.807, 2.05) is 42.5 Å². The van der Waals surface area contributed by atoms with Crippen LogP contribution < -0.4 is 10.6 Å². The SMILES string of the molecule is CCCCN(CCCC)C(=O)C(=O)Nc1ccc(Nc2ccccc2)cc1. The molecule has 144 valence electrons. The van der Waals surface area contributed by atoms with E-state index in [2.05, 4.69) is 24.5 Å². The summed E-state index contributed by atoms with van der Waals surface area (Å²) in [4.78, 5) is 26.5. The first-order valence-corrected chi connectivity index (χ1v) is 9.66. The van der Waals surface area contributed by atoms with Gasteiger partial charge in [0.15, 0.2) is 0 Å². The molecule has 2 aromatic carbocycles. The molecule has 0 fully saturated rings. The molecule has 0 saturated carbocycles. The van der Waals surface area contributed by atoms with Crippen LogP contribution in [-0.2, 0) is 9.59 Å². The van der Waals surface area contributed by atoms with Crippen molar-refractivity contribution in [2.24, 2.45) is 0 Å². The van der Waals surface area contributed by atoms with Gasteiger partial charge in [0.1, 0.15) is 0 Å². The number of hydrogen-bond donors (Lipinski definition) is 2. The Labute approximate surface area is 161 Å². The zero-order valence-electron chi connectivity index (χ0n) is 16.2. The van der Waals surface area contributed by atoms with Gasteiger partial charge < -0.3 is 15.5 Å². The van der Waals surface area contributed by atoms with Crippen LogP contribution in [0.1, 0.15) is 39.5 Å². The van der Waals surface area contributed by atoms with E-state index in [9.17, 15) is 9.59 Å². The molecule has 0 bridgehead atoms. The minimum absolute atomic E-state index is 0.455. The molecule has 0 aliphatic rings. The van der Waals surface area contributed by atoms with Crippen molar-refractivity contribution in [2.75, 3.05) is 23.7 Å². The molecule has 2 amide bonds. The number of carbonyl (C=O) groups is 2. The summed E-state index contributed by atoms with van der Waals surface area (Å²) in [5, 5.41) is 5.99. The predicted molar refractivity (Wildman–Crippen MR) is 111 cm³/mol. The van der Waals surface area contributed by atoms with Crippen molar-refractivity contribution in [3.05, 3.63) is 54.6 Å². The van der Waals surface area contributed by atoms with Gasteiger partial charge in [-0.3, -0.25) is 9.59 Å². The van der Waals surface area contributed by atoms with Crippen LogP contribution >= 0.6 is 0 Å². The van der Waals surface area contributed by atoms with E-state index >= 15 is 0 Å². The lowest BCUT2D eigenvalue weighted by Gasteiger charge is -2.21. The highest BCUT2D eigenvalue weighted by atomic mass is 16.2. The van der Waals surface area contributed by atoms with Crippen LogP contribution in [0.2, 0.25) is 0 Å². The summed E-state index contributed by atoms with van der Waals surface area (Å²) in [5.74, 6) is -1.03. The average Bonchev–Trinajstić information content (AvgIpc) is 2.70. The lowest BCUT2D eigenvalue weighted by Crippen LogP contribution is -2.40. The third-order valence-corrected chi connectivity index (χ3v) is 4.25. The Kier molecular flexibility index (Phi) is 8.36. The van der Waals surface area contributed by atoms with Crippen molar-refractivity contribution in [1.29, 1.82) is 0 Å². The number of hydrogen-bond acceptors (Lipinski definition) is 3. The first-order valence-electron chi connectivity index (χ1n) is 9.66. The summed E-state index contributed by atoms with van der Waals surface area (Å²) in [5.41, 5.74) is 2.52. The van der Waals surface area contributed by atoms with Gasteiger partial charge in [-0.15, -0.1) is 0 Å². The molecule has 0 aliphatic heterocycles. The molecule has 0 spiro atoms. The normalized spacial score (nSPS) is 10.3. The number of nitrogens with one attached hydrogen (secondary N) is 2. The van der Waals surface area contributed by atoms with Crippen molar-refractivity contribution in [3.63, 3.8) is 0 Å². The van der Waals surface area contributed by atoms with Crippen LogP contribution in [0.5, 0.6) is 0 Å². The largest absolute Gasteiger partial charge is 0.356 e. The summed E-state index contributed by atoms with van der Waals surface area (Å²) in [6.45, 7) is 5.41. The standard InChI is InChI=1S/C22H29N3O2/c1-3-5-16-25(17-6-4-2)22(27)21(26)24-20-14-12-19(13-15-20)23-18-10-8-7-9-11-18/h7-15,23H,3-6,16-17H2,1-2H3,(H,24,26). The molecule has 0 unspecified atom stereocenters. The lowest BCUT2D eigenvalue weighted by atomic mass is 10.2. The van der Waals surface area contributed by atoms with Gasteiger partial charge in [-0.05, 0) is 49.2 Å². The molecular formula is C22H29N3O2. The van der Waals surface area contributed by atoms with Crippen LogP contribution in [-0.4, -0.2) is 29.8 Å². The Bertz CT molecular complexity index is 706. The number of nitrogens with zero attached hydrogens (tertiary/aromatic N) is 1. The van der Waals surface area contributed by atoms with Crippen LogP contribution in [0.25, 0.3) is 0 Å². The second-order valence-electron chi connectivity index (χ2n) is 6.52. The Hall–Kier alpha value is -2.82. The molecule has 2 N–H and O–H groups in total. The number of para-hydroxylation sites is 1. The average molecular weight is 367 g/mol. The maximum Gasteiger partial charge on any atom is 0.313 e. The second-order valence-corrected chi connectivity index (χ2v) is 6.52. The molecule has 0 atom stereocenters. The fraction of sp³-hybridized carbons (Fsp3) is 0.364. The summed E-state index contributed by atoms with van der Waals surface area (Å²) in [7, 11) is 0. The molecule has 5 heteroatoms. The summed E-state index contributed by atoms with van der Waals surface area (Å²) in [6, 6.07) is 17.2. The number of unbranched alkanes of at least 4 members (excludes halogenated alkanes) is 2. The fourth-order valence-corrected chi connectivity index (χ4v) is 2.67. The number of carbonyl (C=O) groups excluding carboxylic acids is 2. The monoisotopic (exact) mass is 367 g/mol. The van der Waals surface area contributed by atoms with Crippen molar-refractivity contribution in [2.45, 2.75) is 39.5 Å². The van der Waals surface area contributed by atoms with Gasteiger partial charge >= 0.3 is 11.8 Å². The van der Waals surface area contributed by atoms with Crippen molar-refractivity contribution in [3.8, 4) is 0 Å². The van der Waals surface area contributed by atoms with Gasteiger partial charge in [0.2, 0.25) is 0 Å². The molecule has 0 saturated heterocycles. The summed E-state index contributed by atoms with van der Waals surface area (Å²) in [6.07, 6.45) is 3.80. The zero-order valence-corrected chi connectivity index (χ0v) is 16.2. The topological polar surface area (TPSA) is 61.4 Å². The third-order valence-electron chi connectivity index (χ3n) is 4.25. The quantitative estimate of drug-likeness (QED) is 0.626. The Morgan fingerprint density at radius 3 is 1.85 bits per heavy atom. The maximum absolute atomic E-state index is 12.5. The van der Waals surface area contributed by atoms with Crippen molar-refractivity contribution in [1.82, 2.24) is 4.90 Å². The second kappa shape index (κ2) is 11.0. The predicted octanol–water partition coefficient (Wildman–Crippen LogP) is 4.80. The molecule has 0 aromatic heterocycles. The van der Waals surface area contributed by atoms with E-state index in [1.165, 1.54) is 0 Å². The minimum atomic E-state index is -0.578. The van der Waals surface area contributed by atoms with E-state index < -0.39 is 11.8 Å². The van der Waals surface area contributed by atoms with Gasteiger partial charge in [0.05, 0.1) is 0 Å². The van der Waals surface area contributed by atoms with E-state index in [0.29, 0.717) is 18.8 Å². The Morgan fingerprint density at radius 2 is 1.30 bits per heavy atom. The first kappa shape index (κ1) is 20.5. The van der Waals surface area contributed by atoms with Crippen LogP contribution in [0.4, 0.5) is 17.1 Å². The maximum atomic E-state index is 12.5. The summed E-state index contributed by atoms with van der Waals surface area (Å²) >= 11 is 0. The number of anilines is 3. The van der Waals surface area contributed by atoms with Gasteiger partial charge in [-0.2, -0.15) is 0 Å². The molecule has 5 nitrogen and oxygen atoms in total. The van der Waals surface area contributed by atoms with E-state index in [0.717, 1.165) is 37.1 Å². The zero-order chi connectivity index (χ0) is 19.5. The molecule has 27 heavy (non-hydrogen) atoms. The highest BCUT2D eigenvalue weighted by Gasteiger charge is 2.21. The van der Waals surface area contributed by atoms with Crippen LogP contribution in [0.15, 0.2) is 54.6 Å². The number of amides is 2. The summed E-state index contributed by atoms with van der Waals surface area (Å²) < 4.78 is 0. The smallest absolute Gasteiger partial charge is 0.313 e. The van der Waals surface area contributed by atoms with E-state index in [-0.39, 0.29) is 0 Å².